The summed E-state index contributed by atoms with van der Waals surface area (Å²) >= 11 is 0. The average molecular weight is 388 g/mol. The van der Waals surface area contributed by atoms with Crippen LogP contribution in [0.25, 0.3) is 0 Å². The lowest BCUT2D eigenvalue weighted by molar-refractivity contribution is 0.0718. The molecule has 1 saturated heterocycles. The first kappa shape index (κ1) is 19.2. The standard InChI is InChI=1S/C19H20N2O7/c22-13-6-11(7-14(23)10-13)18(27)20-2-1-3-21(5-4-20)19(28)12-8-15(24)17(26)16(25)9-12/h6-10,22-26H,1-5H2. The molecule has 28 heavy (non-hydrogen) atoms. The number of carbonyl (C=O) groups is 2. The van der Waals surface area contributed by atoms with Crippen LogP contribution in [0.3, 0.4) is 0 Å². The Labute approximate surface area is 160 Å². The molecule has 9 nitrogen and oxygen atoms in total. The average Bonchev–Trinajstić information content (AvgIpc) is 2.90. The molecular weight excluding hydrogens is 368 g/mol. The van der Waals surface area contributed by atoms with E-state index in [1.165, 1.54) is 21.9 Å². The van der Waals surface area contributed by atoms with Crippen molar-refractivity contribution in [2.75, 3.05) is 26.2 Å². The van der Waals surface area contributed by atoms with E-state index in [1.54, 1.807) is 0 Å². The molecule has 0 atom stereocenters. The Morgan fingerprint density at radius 3 is 1.54 bits per heavy atom. The van der Waals surface area contributed by atoms with Crippen LogP contribution in [0.1, 0.15) is 27.1 Å². The minimum Gasteiger partial charge on any atom is -0.508 e. The molecule has 0 radical (unpaired) electrons. The van der Waals surface area contributed by atoms with E-state index in [4.69, 9.17) is 0 Å². The van der Waals surface area contributed by atoms with Gasteiger partial charge in [-0.05, 0) is 30.7 Å². The van der Waals surface area contributed by atoms with Crippen molar-refractivity contribution in [3.05, 3.63) is 41.5 Å². The zero-order chi connectivity index (χ0) is 20.4. The molecule has 2 amide bonds. The van der Waals surface area contributed by atoms with Crippen molar-refractivity contribution in [3.63, 3.8) is 0 Å². The van der Waals surface area contributed by atoms with Gasteiger partial charge in [-0.25, -0.2) is 0 Å². The molecule has 3 rings (SSSR count). The molecule has 0 saturated carbocycles. The summed E-state index contributed by atoms with van der Waals surface area (Å²) in [7, 11) is 0. The van der Waals surface area contributed by atoms with Crippen molar-refractivity contribution < 1.29 is 35.1 Å². The number of nitrogens with zero attached hydrogens (tertiary/aromatic N) is 2. The number of benzene rings is 2. The molecule has 1 heterocycles. The highest BCUT2D eigenvalue weighted by molar-refractivity contribution is 5.96. The first-order valence-corrected chi connectivity index (χ1v) is 8.63. The lowest BCUT2D eigenvalue weighted by Gasteiger charge is -2.22. The Bertz CT molecular complexity index is 885. The largest absolute Gasteiger partial charge is 0.508 e. The molecular formula is C19H20N2O7. The number of phenolic OH excluding ortho intramolecular Hbond substituents is 5. The Kier molecular flexibility index (Phi) is 5.16. The summed E-state index contributed by atoms with van der Waals surface area (Å²) in [6, 6.07) is 5.79. The van der Waals surface area contributed by atoms with Crippen LogP contribution in [-0.2, 0) is 0 Å². The van der Waals surface area contributed by atoms with E-state index >= 15 is 0 Å². The summed E-state index contributed by atoms with van der Waals surface area (Å²) in [5, 5.41) is 47.7. The van der Waals surface area contributed by atoms with E-state index in [0.717, 1.165) is 18.2 Å². The van der Waals surface area contributed by atoms with Crippen LogP contribution in [0.2, 0.25) is 0 Å². The number of rotatable bonds is 2. The highest BCUT2D eigenvalue weighted by Gasteiger charge is 2.25. The van der Waals surface area contributed by atoms with Crippen molar-refractivity contribution in [1.82, 2.24) is 9.80 Å². The predicted molar refractivity (Wildman–Crippen MR) is 97.6 cm³/mol. The molecule has 0 bridgehead atoms. The topological polar surface area (TPSA) is 142 Å². The van der Waals surface area contributed by atoms with Gasteiger partial charge in [0.2, 0.25) is 0 Å². The fraction of sp³-hybridized carbons (Fsp3) is 0.263. The van der Waals surface area contributed by atoms with Crippen molar-refractivity contribution in [2.24, 2.45) is 0 Å². The number of aromatic hydroxyl groups is 5. The smallest absolute Gasteiger partial charge is 0.254 e. The van der Waals surface area contributed by atoms with Gasteiger partial charge in [-0.15, -0.1) is 0 Å². The van der Waals surface area contributed by atoms with Gasteiger partial charge in [-0.3, -0.25) is 9.59 Å². The van der Waals surface area contributed by atoms with E-state index in [1.807, 2.05) is 0 Å². The zero-order valence-electron chi connectivity index (χ0n) is 14.9. The molecule has 5 N–H and O–H groups in total. The van der Waals surface area contributed by atoms with Crippen LogP contribution in [-0.4, -0.2) is 73.3 Å². The Morgan fingerprint density at radius 2 is 1.07 bits per heavy atom. The second-order valence-electron chi connectivity index (χ2n) is 6.54. The Morgan fingerprint density at radius 1 is 0.643 bits per heavy atom. The van der Waals surface area contributed by atoms with Gasteiger partial charge in [0, 0.05) is 43.4 Å². The minimum atomic E-state index is -0.696. The van der Waals surface area contributed by atoms with Gasteiger partial charge in [0.25, 0.3) is 11.8 Å². The summed E-state index contributed by atoms with van der Waals surface area (Å²) in [6.07, 6.45) is 0.498. The summed E-state index contributed by atoms with van der Waals surface area (Å²) in [5.41, 5.74) is 0.163. The van der Waals surface area contributed by atoms with Crippen LogP contribution in [0.4, 0.5) is 0 Å². The van der Waals surface area contributed by atoms with Crippen molar-refractivity contribution >= 4 is 11.8 Å². The van der Waals surface area contributed by atoms with Gasteiger partial charge in [-0.1, -0.05) is 0 Å². The van der Waals surface area contributed by atoms with E-state index in [-0.39, 0.29) is 41.6 Å². The SMILES string of the molecule is O=C(c1cc(O)cc(O)c1)N1CCCN(C(=O)c2cc(O)c(O)c(O)c2)CC1. The predicted octanol–water partition coefficient (Wildman–Crippen LogP) is 1.20. The van der Waals surface area contributed by atoms with E-state index in [0.29, 0.717) is 19.5 Å². The Balaban J connectivity index is 1.72. The number of phenols is 5. The second kappa shape index (κ2) is 7.55. The lowest BCUT2D eigenvalue weighted by atomic mass is 10.1. The normalized spacial score (nSPS) is 14.6. The van der Waals surface area contributed by atoms with Crippen LogP contribution in [0.5, 0.6) is 28.7 Å². The van der Waals surface area contributed by atoms with Crippen molar-refractivity contribution in [3.8, 4) is 28.7 Å². The van der Waals surface area contributed by atoms with Crippen molar-refractivity contribution in [1.29, 1.82) is 0 Å². The van der Waals surface area contributed by atoms with Crippen molar-refractivity contribution in [2.45, 2.75) is 6.42 Å². The highest BCUT2D eigenvalue weighted by atomic mass is 16.3. The van der Waals surface area contributed by atoms with E-state index in [2.05, 4.69) is 0 Å². The van der Waals surface area contributed by atoms with Crippen LogP contribution < -0.4 is 0 Å². The molecule has 148 valence electrons. The summed E-state index contributed by atoms with van der Waals surface area (Å²) in [4.78, 5) is 28.3. The number of hydrogen-bond acceptors (Lipinski definition) is 7. The van der Waals surface area contributed by atoms with Crippen LogP contribution in [0, 0.1) is 0 Å². The second-order valence-corrected chi connectivity index (χ2v) is 6.54. The minimum absolute atomic E-state index is 0.0190. The molecule has 0 unspecified atom stereocenters. The monoisotopic (exact) mass is 388 g/mol. The maximum Gasteiger partial charge on any atom is 0.254 e. The van der Waals surface area contributed by atoms with Crippen LogP contribution >= 0.6 is 0 Å². The molecule has 2 aromatic rings. The third-order valence-corrected chi connectivity index (χ3v) is 4.54. The number of amides is 2. The maximum absolute atomic E-state index is 12.7. The fourth-order valence-corrected chi connectivity index (χ4v) is 3.14. The molecule has 2 aromatic carbocycles. The fourth-order valence-electron chi connectivity index (χ4n) is 3.14. The number of carbonyl (C=O) groups excluding carboxylic acids is 2. The number of hydrogen-bond donors (Lipinski definition) is 5. The van der Waals surface area contributed by atoms with Gasteiger partial charge in [0.05, 0.1) is 0 Å². The Hall–Kier alpha value is -3.62. The van der Waals surface area contributed by atoms with Gasteiger partial charge in [0.15, 0.2) is 17.2 Å². The van der Waals surface area contributed by atoms with Gasteiger partial charge in [-0.2, -0.15) is 0 Å². The quantitative estimate of drug-likeness (QED) is 0.487. The van der Waals surface area contributed by atoms with Crippen LogP contribution in [0.15, 0.2) is 30.3 Å². The van der Waals surface area contributed by atoms with E-state index < -0.39 is 23.2 Å². The zero-order valence-corrected chi connectivity index (χ0v) is 14.9. The first-order chi connectivity index (χ1) is 13.3. The first-order valence-electron chi connectivity index (χ1n) is 8.63. The third kappa shape index (κ3) is 3.88. The summed E-state index contributed by atoms with van der Waals surface area (Å²) in [6.45, 7) is 1.19. The molecule has 0 aromatic heterocycles. The maximum atomic E-state index is 12.7. The molecule has 1 aliphatic rings. The summed E-state index contributed by atoms with van der Waals surface area (Å²) < 4.78 is 0. The molecule has 1 aliphatic heterocycles. The molecule has 0 spiro atoms. The lowest BCUT2D eigenvalue weighted by Crippen LogP contribution is -2.37. The highest BCUT2D eigenvalue weighted by Crippen LogP contribution is 2.35. The van der Waals surface area contributed by atoms with Gasteiger partial charge in [0.1, 0.15) is 11.5 Å². The van der Waals surface area contributed by atoms with Gasteiger partial charge < -0.3 is 35.3 Å². The molecule has 9 heteroatoms. The summed E-state index contributed by atoms with van der Waals surface area (Å²) in [5.74, 6) is -3.16. The molecule has 0 aliphatic carbocycles. The van der Waals surface area contributed by atoms with E-state index in [9.17, 15) is 35.1 Å². The van der Waals surface area contributed by atoms with Gasteiger partial charge >= 0.3 is 0 Å². The molecule has 1 fully saturated rings. The third-order valence-electron chi connectivity index (χ3n) is 4.54.